The highest BCUT2D eigenvalue weighted by molar-refractivity contribution is 6.11. The molecule has 0 spiro atoms. The quantitative estimate of drug-likeness (QED) is 0.0476. The first-order chi connectivity index (χ1) is 23.5. The molecule has 48 heavy (non-hydrogen) atoms. The average molecular weight is 667 g/mol. The minimum absolute atomic E-state index is 0.153. The Kier molecular flexibility index (Phi) is 18.8. The Morgan fingerprint density at radius 1 is 0.500 bits per heavy atom. The Morgan fingerprint density at radius 3 is 1.19 bits per heavy atom. The van der Waals surface area contributed by atoms with Crippen molar-refractivity contribution in [1.29, 1.82) is 0 Å². The predicted octanol–water partition coefficient (Wildman–Crippen LogP) is 9.37. The summed E-state index contributed by atoms with van der Waals surface area (Å²) in [7, 11) is 0. The van der Waals surface area contributed by atoms with Gasteiger partial charge in [-0.3, -0.25) is 9.59 Å². The third-order valence-electron chi connectivity index (χ3n) is 8.23. The summed E-state index contributed by atoms with van der Waals surface area (Å²) in [6.45, 7) is 10.1. The van der Waals surface area contributed by atoms with E-state index in [0.717, 1.165) is 47.2 Å². The maximum Gasteiger partial charge on any atom is 0.305 e. The molecule has 0 radical (unpaired) electrons. The molecule has 8 nitrogen and oxygen atoms in total. The van der Waals surface area contributed by atoms with Crippen molar-refractivity contribution >= 4 is 33.5 Å². The summed E-state index contributed by atoms with van der Waals surface area (Å²) in [5.41, 5.74) is 0. The molecule has 0 heterocycles. The molecule has 0 aliphatic rings. The van der Waals surface area contributed by atoms with Gasteiger partial charge in [-0.25, -0.2) is 0 Å². The van der Waals surface area contributed by atoms with Crippen LogP contribution in [-0.2, 0) is 28.5 Å². The second-order valence-corrected chi connectivity index (χ2v) is 12.3. The van der Waals surface area contributed by atoms with Gasteiger partial charge in [-0.05, 0) is 12.8 Å². The second kappa shape index (κ2) is 23.1. The molecule has 0 N–H and O–H groups in total. The van der Waals surface area contributed by atoms with E-state index in [1.807, 2.05) is 48.5 Å². The number of ether oxygens (including phenoxy) is 6. The average Bonchev–Trinajstić information content (AvgIpc) is 3.11. The number of hydrogen-bond donors (Lipinski definition) is 0. The summed E-state index contributed by atoms with van der Waals surface area (Å²) in [5, 5.41) is 3.48. The van der Waals surface area contributed by atoms with Gasteiger partial charge in [0.2, 0.25) is 0 Å². The molecule has 0 fully saturated rings. The number of esters is 2. The molecule has 0 saturated heterocycles. The van der Waals surface area contributed by atoms with E-state index in [1.165, 1.54) is 38.5 Å². The van der Waals surface area contributed by atoms with Crippen LogP contribution in [0.25, 0.3) is 21.5 Å². The molecule has 0 bridgehead atoms. The van der Waals surface area contributed by atoms with Crippen LogP contribution in [0.15, 0.2) is 48.5 Å². The van der Waals surface area contributed by atoms with Crippen LogP contribution < -0.4 is 9.47 Å². The van der Waals surface area contributed by atoms with Gasteiger partial charge < -0.3 is 28.4 Å². The lowest BCUT2D eigenvalue weighted by Gasteiger charge is -2.23. The van der Waals surface area contributed by atoms with Crippen molar-refractivity contribution in [3.8, 4) is 11.5 Å². The van der Waals surface area contributed by atoms with Gasteiger partial charge in [0, 0.05) is 47.6 Å². The molecule has 2 unspecified atom stereocenters. The van der Waals surface area contributed by atoms with Gasteiger partial charge in [0.25, 0.3) is 0 Å². The third-order valence-corrected chi connectivity index (χ3v) is 8.23. The van der Waals surface area contributed by atoms with Crippen molar-refractivity contribution in [2.24, 2.45) is 0 Å². The highest BCUT2D eigenvalue weighted by Gasteiger charge is 2.22. The van der Waals surface area contributed by atoms with E-state index in [-0.39, 0.29) is 51.2 Å². The number of benzene rings is 3. The fraction of sp³-hybridized carbons (Fsp3) is 0.600. The SMILES string of the molecule is CCCCCCCOCC(COc1c2ccccc2c(OCC(COCCCCCCC)OC(=O)CC)c2ccccc12)OC(=O)CC. The van der Waals surface area contributed by atoms with E-state index in [1.54, 1.807) is 13.8 Å². The zero-order valence-electron chi connectivity index (χ0n) is 29.8. The first-order valence-corrected chi connectivity index (χ1v) is 18.3. The number of rotatable bonds is 26. The van der Waals surface area contributed by atoms with Crippen LogP contribution in [0.4, 0.5) is 0 Å². The maximum atomic E-state index is 12.3. The van der Waals surface area contributed by atoms with Gasteiger partial charge in [0.15, 0.2) is 12.2 Å². The normalized spacial score (nSPS) is 12.6. The molecule has 2 atom stereocenters. The first kappa shape index (κ1) is 39.1. The van der Waals surface area contributed by atoms with Crippen LogP contribution >= 0.6 is 0 Å². The maximum absolute atomic E-state index is 12.3. The highest BCUT2D eigenvalue weighted by atomic mass is 16.6. The number of fused-ring (bicyclic) bond motifs is 2. The van der Waals surface area contributed by atoms with E-state index >= 15 is 0 Å². The Hall–Kier alpha value is -3.36. The third kappa shape index (κ3) is 13.3. The van der Waals surface area contributed by atoms with Gasteiger partial charge in [0.05, 0.1) is 13.2 Å². The van der Waals surface area contributed by atoms with Crippen LogP contribution in [0.3, 0.4) is 0 Å². The molecule has 3 rings (SSSR count). The molecule has 8 heteroatoms. The molecule has 0 amide bonds. The van der Waals surface area contributed by atoms with E-state index in [9.17, 15) is 9.59 Å². The van der Waals surface area contributed by atoms with Gasteiger partial charge in [-0.1, -0.05) is 128 Å². The zero-order valence-corrected chi connectivity index (χ0v) is 29.8. The van der Waals surface area contributed by atoms with Crippen molar-refractivity contribution in [3.63, 3.8) is 0 Å². The molecule has 266 valence electrons. The fourth-order valence-corrected chi connectivity index (χ4v) is 5.53. The summed E-state index contributed by atoms with van der Waals surface area (Å²) < 4.78 is 36.3. The van der Waals surface area contributed by atoms with Crippen molar-refractivity contribution in [3.05, 3.63) is 48.5 Å². The van der Waals surface area contributed by atoms with Crippen LogP contribution in [0.2, 0.25) is 0 Å². The molecule has 3 aromatic carbocycles. The van der Waals surface area contributed by atoms with E-state index in [2.05, 4.69) is 13.8 Å². The van der Waals surface area contributed by atoms with Crippen LogP contribution in [-0.4, -0.2) is 63.8 Å². The zero-order chi connectivity index (χ0) is 34.4. The molecule has 0 aromatic heterocycles. The largest absolute Gasteiger partial charge is 0.488 e. The van der Waals surface area contributed by atoms with Crippen molar-refractivity contribution in [1.82, 2.24) is 0 Å². The minimum Gasteiger partial charge on any atom is -0.488 e. The smallest absolute Gasteiger partial charge is 0.305 e. The lowest BCUT2D eigenvalue weighted by molar-refractivity contribution is -0.154. The summed E-state index contributed by atoms with van der Waals surface area (Å²) in [6.07, 6.45) is 11.0. The van der Waals surface area contributed by atoms with E-state index in [4.69, 9.17) is 28.4 Å². The number of unbranched alkanes of at least 4 members (excludes halogenated alkanes) is 8. The molecule has 0 saturated carbocycles. The monoisotopic (exact) mass is 666 g/mol. The first-order valence-electron chi connectivity index (χ1n) is 18.3. The highest BCUT2D eigenvalue weighted by Crippen LogP contribution is 2.42. The number of carbonyl (C=O) groups is 2. The van der Waals surface area contributed by atoms with E-state index in [0.29, 0.717) is 24.7 Å². The summed E-state index contributed by atoms with van der Waals surface area (Å²) in [4.78, 5) is 24.5. The Bertz CT molecular complexity index is 1200. The van der Waals surface area contributed by atoms with Gasteiger partial charge in [-0.15, -0.1) is 0 Å². The second-order valence-electron chi connectivity index (χ2n) is 12.3. The molecule has 0 aliphatic heterocycles. The minimum atomic E-state index is -0.540. The molecular formula is C40H58O8. The lowest BCUT2D eigenvalue weighted by Crippen LogP contribution is -2.30. The van der Waals surface area contributed by atoms with Crippen LogP contribution in [0.1, 0.15) is 105 Å². The summed E-state index contributed by atoms with van der Waals surface area (Å²) in [5.74, 6) is 0.803. The molecule has 3 aromatic rings. The van der Waals surface area contributed by atoms with Crippen LogP contribution in [0.5, 0.6) is 11.5 Å². The van der Waals surface area contributed by atoms with Crippen LogP contribution in [0, 0.1) is 0 Å². The van der Waals surface area contributed by atoms with Gasteiger partial charge >= 0.3 is 11.9 Å². The fourth-order valence-electron chi connectivity index (χ4n) is 5.53. The number of hydrogen-bond acceptors (Lipinski definition) is 8. The summed E-state index contributed by atoms with van der Waals surface area (Å²) >= 11 is 0. The predicted molar refractivity (Wildman–Crippen MR) is 192 cm³/mol. The van der Waals surface area contributed by atoms with Crippen molar-refractivity contribution in [2.45, 2.75) is 117 Å². The number of carbonyl (C=O) groups excluding carboxylic acids is 2. The molecule has 0 aliphatic carbocycles. The topological polar surface area (TPSA) is 89.5 Å². The van der Waals surface area contributed by atoms with Gasteiger partial charge in [-0.2, -0.15) is 0 Å². The standard InChI is InChI=1S/C40H58O8/c1-5-9-11-13-19-25-43-27-31(47-37(41)7-3)29-45-39-33-21-15-17-23-35(33)40(36-24-18-16-22-34(36)39)46-30-32(48-38(42)8-4)28-44-26-20-14-12-10-6-2/h15-18,21-24,31-32H,5-14,19-20,25-30H2,1-4H3. The molecular weight excluding hydrogens is 608 g/mol. The van der Waals surface area contributed by atoms with Crippen molar-refractivity contribution in [2.75, 3.05) is 39.6 Å². The Morgan fingerprint density at radius 2 is 0.854 bits per heavy atom. The lowest BCUT2D eigenvalue weighted by atomic mass is 10.0. The van der Waals surface area contributed by atoms with Gasteiger partial charge in [0.1, 0.15) is 24.7 Å². The summed E-state index contributed by atoms with van der Waals surface area (Å²) in [6, 6.07) is 15.9. The Balaban J connectivity index is 1.77. The van der Waals surface area contributed by atoms with E-state index < -0.39 is 12.2 Å². The van der Waals surface area contributed by atoms with Crippen molar-refractivity contribution < 1.29 is 38.0 Å². The Labute approximate surface area is 287 Å².